The quantitative estimate of drug-likeness (QED) is 0.571. The molecule has 0 aromatic heterocycles. The van der Waals surface area contributed by atoms with Crippen molar-refractivity contribution in [2.75, 3.05) is 0 Å². The zero-order chi connectivity index (χ0) is 10.1. The summed E-state index contributed by atoms with van der Waals surface area (Å²) in [6.45, 7) is 1.76. The summed E-state index contributed by atoms with van der Waals surface area (Å²) >= 11 is 18.9. The van der Waals surface area contributed by atoms with Crippen LogP contribution in [-0.4, -0.2) is 13.1 Å². The van der Waals surface area contributed by atoms with Crippen molar-refractivity contribution in [3.8, 4) is 0 Å². The van der Waals surface area contributed by atoms with E-state index in [1.165, 1.54) is 0 Å². The van der Waals surface area contributed by atoms with Crippen LogP contribution in [-0.2, 0) is 0 Å². The molecule has 0 heterocycles. The predicted molar refractivity (Wildman–Crippen MR) is 66.9 cm³/mol. The molecule has 1 rings (SSSR count). The Kier molecular flexibility index (Phi) is 3.52. The molecule has 0 nitrogen and oxygen atoms in total. The molecule has 0 amide bonds. The molecule has 1 unspecified atom stereocenters. The van der Waals surface area contributed by atoms with Crippen molar-refractivity contribution in [2.45, 2.75) is 13.1 Å². The molecule has 0 aliphatic heterocycles. The fourth-order valence-electron chi connectivity index (χ4n) is 1.00. The average Bonchev–Trinajstić information content (AvgIpc) is 2.04. The zero-order valence-electron chi connectivity index (χ0n) is 7.52. The third kappa shape index (κ3) is 2.51. The van der Waals surface area contributed by atoms with Crippen LogP contribution < -0.4 is 5.19 Å². The molecule has 0 spiro atoms. The predicted octanol–water partition coefficient (Wildman–Crippen LogP) is 3.34. The van der Waals surface area contributed by atoms with Gasteiger partial charge in [0.15, 0.2) is 0 Å². The molecule has 1 aromatic rings. The molecular formula is C8H11Cl3Si2. The van der Waals surface area contributed by atoms with Crippen molar-refractivity contribution in [2.24, 2.45) is 0 Å². The molecule has 1 aromatic carbocycles. The smallest absolute Gasteiger partial charge is 0.162 e. The fourth-order valence-corrected chi connectivity index (χ4v) is 6.69. The summed E-state index contributed by atoms with van der Waals surface area (Å²) in [5.74, 6) is 0. The lowest BCUT2D eigenvalue weighted by Crippen LogP contribution is -2.56. The van der Waals surface area contributed by atoms with Crippen molar-refractivity contribution < 1.29 is 0 Å². The summed E-state index contributed by atoms with van der Waals surface area (Å²) in [5, 5.41) is 1.12. The lowest BCUT2D eigenvalue weighted by Gasteiger charge is -2.27. The third-order valence-corrected chi connectivity index (χ3v) is 23.6. The largest absolute Gasteiger partial charge is 0.258 e. The first kappa shape index (κ1) is 11.6. The first-order valence-corrected chi connectivity index (χ1v) is 13.0. The van der Waals surface area contributed by atoms with Crippen LogP contribution in [0.3, 0.4) is 0 Å². The van der Waals surface area contributed by atoms with Crippen molar-refractivity contribution in [1.82, 2.24) is 0 Å². The van der Waals surface area contributed by atoms with Crippen LogP contribution in [0.2, 0.25) is 13.1 Å². The topological polar surface area (TPSA) is 0 Å². The summed E-state index contributed by atoms with van der Waals surface area (Å²) in [7, 11) is 0. The molecule has 5 heteroatoms. The molecule has 0 aliphatic carbocycles. The number of hydrogen-bond acceptors (Lipinski definition) is 0. The number of rotatable bonds is 2. The van der Waals surface area contributed by atoms with E-state index in [9.17, 15) is 0 Å². The minimum atomic E-state index is -2.28. The highest BCUT2D eigenvalue weighted by atomic mass is 35.7. The highest BCUT2D eigenvalue weighted by Crippen LogP contribution is 2.29. The van der Waals surface area contributed by atoms with Crippen LogP contribution in [0.15, 0.2) is 30.3 Å². The van der Waals surface area contributed by atoms with E-state index in [0.717, 1.165) is 5.19 Å². The number of benzene rings is 1. The minimum absolute atomic E-state index is 1.12. The Labute approximate surface area is 94.7 Å². The van der Waals surface area contributed by atoms with Gasteiger partial charge < -0.3 is 0 Å². The van der Waals surface area contributed by atoms with E-state index < -0.39 is 13.1 Å². The van der Waals surface area contributed by atoms with Gasteiger partial charge in [-0.05, 0) is 11.7 Å². The third-order valence-electron chi connectivity index (χ3n) is 2.14. The molecule has 13 heavy (non-hydrogen) atoms. The maximum atomic E-state index is 6.47. The van der Waals surface area contributed by atoms with Gasteiger partial charge in [-0.25, -0.2) is 0 Å². The Bertz CT molecular complexity index is 279. The molecule has 0 radical (unpaired) electrons. The zero-order valence-corrected chi connectivity index (χ0v) is 11.8. The molecule has 0 aliphatic rings. The van der Waals surface area contributed by atoms with Gasteiger partial charge in [0, 0.05) is 0 Å². The number of halogens is 3. The van der Waals surface area contributed by atoms with Gasteiger partial charge in [0.25, 0.3) is 6.21 Å². The van der Waals surface area contributed by atoms with Crippen LogP contribution in [0.4, 0.5) is 0 Å². The molecule has 72 valence electrons. The monoisotopic (exact) mass is 268 g/mol. The molecule has 0 fully saturated rings. The van der Waals surface area contributed by atoms with E-state index in [1.54, 1.807) is 0 Å². The van der Waals surface area contributed by atoms with Crippen LogP contribution in [0, 0.1) is 0 Å². The Morgan fingerprint density at radius 3 is 1.77 bits per heavy atom. The maximum absolute atomic E-state index is 6.47. The summed E-state index contributed by atoms with van der Waals surface area (Å²) in [4.78, 5) is 0. The van der Waals surface area contributed by atoms with Gasteiger partial charge >= 0.3 is 0 Å². The fraction of sp³-hybridized carbons (Fsp3) is 0.250. The first-order valence-electron chi connectivity index (χ1n) is 3.98. The van der Waals surface area contributed by atoms with Gasteiger partial charge in [0.2, 0.25) is 6.90 Å². The molecule has 0 bridgehead atoms. The SMILES string of the molecule is C[Si](Cl)(Cl)[Si](C)(Cl)c1ccccc1. The van der Waals surface area contributed by atoms with Crippen molar-refractivity contribution in [3.63, 3.8) is 0 Å². The highest BCUT2D eigenvalue weighted by Gasteiger charge is 2.47. The Hall–Kier alpha value is 0.524. The summed E-state index contributed by atoms with van der Waals surface area (Å²) < 4.78 is 0. The van der Waals surface area contributed by atoms with E-state index in [1.807, 2.05) is 43.4 Å². The van der Waals surface area contributed by atoms with E-state index in [-0.39, 0.29) is 0 Å². The van der Waals surface area contributed by atoms with Gasteiger partial charge in [0.1, 0.15) is 0 Å². The van der Waals surface area contributed by atoms with Crippen LogP contribution in [0.1, 0.15) is 0 Å². The second kappa shape index (κ2) is 3.95. The second-order valence-electron chi connectivity index (χ2n) is 3.26. The summed E-state index contributed by atoms with van der Waals surface area (Å²) in [6.07, 6.45) is -2.28. The van der Waals surface area contributed by atoms with Crippen LogP contribution in [0.25, 0.3) is 0 Å². The van der Waals surface area contributed by atoms with Gasteiger partial charge in [0.05, 0.1) is 0 Å². The lowest BCUT2D eigenvalue weighted by molar-refractivity contribution is 1.75. The van der Waals surface area contributed by atoms with Gasteiger partial charge in [-0.1, -0.05) is 36.9 Å². The molecule has 1 atom stereocenters. The van der Waals surface area contributed by atoms with Crippen molar-refractivity contribution >= 4 is 51.5 Å². The standard InChI is InChI=1S/C8H11Cl3Si2/c1-12(9,13(2,10)11)8-6-4-3-5-7-8/h3-7H,1-2H3. The van der Waals surface area contributed by atoms with E-state index in [4.69, 9.17) is 33.2 Å². The minimum Gasteiger partial charge on any atom is -0.162 e. The van der Waals surface area contributed by atoms with E-state index in [2.05, 4.69) is 0 Å². The summed E-state index contributed by atoms with van der Waals surface area (Å²) in [5.41, 5.74) is 0. The van der Waals surface area contributed by atoms with Crippen LogP contribution >= 0.6 is 33.2 Å². The Balaban J connectivity index is 3.08. The highest BCUT2D eigenvalue weighted by molar-refractivity contribution is 7.85. The maximum Gasteiger partial charge on any atom is 0.258 e. The van der Waals surface area contributed by atoms with Crippen LogP contribution in [0.5, 0.6) is 0 Å². The normalized spacial score (nSPS) is 16.7. The first-order chi connectivity index (χ1) is 5.86. The molecule has 0 N–H and O–H groups in total. The van der Waals surface area contributed by atoms with E-state index >= 15 is 0 Å². The van der Waals surface area contributed by atoms with Gasteiger partial charge in [-0.15, -0.1) is 22.2 Å². The van der Waals surface area contributed by atoms with E-state index in [0.29, 0.717) is 0 Å². The second-order valence-corrected chi connectivity index (χ2v) is 23.9. The molecular weight excluding hydrogens is 259 g/mol. The van der Waals surface area contributed by atoms with Crippen molar-refractivity contribution in [3.05, 3.63) is 30.3 Å². The van der Waals surface area contributed by atoms with Gasteiger partial charge in [-0.3, -0.25) is 0 Å². The average molecular weight is 270 g/mol. The number of hydrogen-bond donors (Lipinski definition) is 0. The van der Waals surface area contributed by atoms with Gasteiger partial charge in [-0.2, -0.15) is 11.1 Å². The molecule has 0 saturated carbocycles. The molecule has 0 saturated heterocycles. The summed E-state index contributed by atoms with van der Waals surface area (Å²) in [6, 6.07) is 9.92. The Morgan fingerprint density at radius 2 is 1.38 bits per heavy atom. The Morgan fingerprint density at radius 1 is 0.923 bits per heavy atom. The van der Waals surface area contributed by atoms with Crippen molar-refractivity contribution in [1.29, 1.82) is 0 Å². The lowest BCUT2D eigenvalue weighted by atomic mass is 10.4.